The molecule has 0 amide bonds. The summed E-state index contributed by atoms with van der Waals surface area (Å²) in [6.45, 7) is 7.77. The van der Waals surface area contributed by atoms with Gasteiger partial charge in [-0.2, -0.15) is 0 Å². The van der Waals surface area contributed by atoms with E-state index in [0.29, 0.717) is 11.8 Å². The van der Waals surface area contributed by atoms with Crippen LogP contribution in [-0.2, 0) is 9.53 Å². The van der Waals surface area contributed by atoms with Crippen LogP contribution < -0.4 is 0 Å². The molecule has 0 aromatic rings. The predicted molar refractivity (Wildman–Crippen MR) is 65.0 cm³/mol. The lowest BCUT2D eigenvalue weighted by atomic mass is 9.82. The van der Waals surface area contributed by atoms with Crippen molar-refractivity contribution < 1.29 is 14.6 Å². The first-order valence-electron chi connectivity index (χ1n) is 6.57. The number of ether oxygens (including phenoxy) is 1. The molecule has 0 saturated carbocycles. The van der Waals surface area contributed by atoms with Gasteiger partial charge in [-0.15, -0.1) is 0 Å². The second kappa shape index (κ2) is 4.94. The summed E-state index contributed by atoms with van der Waals surface area (Å²) in [5, 5.41) is 8.87. The molecule has 98 valence electrons. The van der Waals surface area contributed by atoms with E-state index < -0.39 is 12.1 Å². The Morgan fingerprint density at radius 3 is 2.53 bits per heavy atom. The summed E-state index contributed by atoms with van der Waals surface area (Å²) in [7, 11) is 0. The van der Waals surface area contributed by atoms with Gasteiger partial charge in [0, 0.05) is 6.54 Å². The van der Waals surface area contributed by atoms with E-state index in [-0.39, 0.29) is 6.10 Å². The molecule has 2 unspecified atom stereocenters. The second-order valence-corrected chi connectivity index (χ2v) is 6.13. The minimum absolute atomic E-state index is 0.123. The molecular weight excluding hydrogens is 218 g/mol. The highest BCUT2D eigenvalue weighted by atomic mass is 16.5. The van der Waals surface area contributed by atoms with Gasteiger partial charge in [0.1, 0.15) is 0 Å². The second-order valence-electron chi connectivity index (χ2n) is 6.13. The number of nitrogens with zero attached hydrogens (tertiary/aromatic N) is 1. The molecule has 2 atom stereocenters. The van der Waals surface area contributed by atoms with Gasteiger partial charge in [0.15, 0.2) is 6.10 Å². The van der Waals surface area contributed by atoms with E-state index in [2.05, 4.69) is 18.7 Å². The first-order valence-corrected chi connectivity index (χ1v) is 6.57. The largest absolute Gasteiger partial charge is 0.479 e. The van der Waals surface area contributed by atoms with E-state index in [1.807, 2.05) is 0 Å². The van der Waals surface area contributed by atoms with E-state index in [9.17, 15) is 4.79 Å². The third-order valence-corrected chi connectivity index (χ3v) is 4.05. The first kappa shape index (κ1) is 12.8. The van der Waals surface area contributed by atoms with Crippen LogP contribution in [0.1, 0.15) is 39.5 Å². The number of aliphatic carboxylic acids is 1. The van der Waals surface area contributed by atoms with Gasteiger partial charge >= 0.3 is 5.97 Å². The number of hydrogen-bond donors (Lipinski definition) is 1. The quantitative estimate of drug-likeness (QED) is 0.817. The smallest absolute Gasteiger partial charge is 0.332 e. The van der Waals surface area contributed by atoms with Gasteiger partial charge in [0.25, 0.3) is 0 Å². The van der Waals surface area contributed by atoms with Crippen molar-refractivity contribution in [1.29, 1.82) is 0 Å². The highest BCUT2D eigenvalue weighted by Crippen LogP contribution is 2.30. The summed E-state index contributed by atoms with van der Waals surface area (Å²) in [6, 6.07) is 0. The Labute approximate surface area is 103 Å². The fourth-order valence-corrected chi connectivity index (χ4v) is 2.65. The highest BCUT2D eigenvalue weighted by molar-refractivity contribution is 5.72. The van der Waals surface area contributed by atoms with E-state index in [0.717, 1.165) is 26.1 Å². The van der Waals surface area contributed by atoms with Crippen molar-refractivity contribution in [2.75, 3.05) is 19.6 Å². The Morgan fingerprint density at radius 1 is 1.35 bits per heavy atom. The van der Waals surface area contributed by atoms with E-state index in [1.165, 1.54) is 12.8 Å². The Hall–Kier alpha value is -0.610. The SMILES string of the molecule is CC1(C)CCN(CC2CCC(C(=O)O)O2)CC1. The summed E-state index contributed by atoms with van der Waals surface area (Å²) in [4.78, 5) is 13.2. The van der Waals surface area contributed by atoms with Crippen LogP contribution in [0.25, 0.3) is 0 Å². The van der Waals surface area contributed by atoms with Crippen LogP contribution >= 0.6 is 0 Å². The molecule has 0 aromatic carbocycles. The molecule has 0 aliphatic carbocycles. The van der Waals surface area contributed by atoms with Crippen LogP contribution in [-0.4, -0.2) is 47.8 Å². The van der Waals surface area contributed by atoms with Crippen molar-refractivity contribution >= 4 is 5.97 Å². The molecule has 2 fully saturated rings. The topological polar surface area (TPSA) is 49.8 Å². The van der Waals surface area contributed by atoms with Crippen molar-refractivity contribution in [2.24, 2.45) is 5.41 Å². The molecular formula is C13H23NO3. The van der Waals surface area contributed by atoms with E-state index in [1.54, 1.807) is 0 Å². The maximum absolute atomic E-state index is 10.8. The van der Waals surface area contributed by atoms with Crippen LogP contribution in [0.2, 0.25) is 0 Å². The standard InChI is InChI=1S/C13H23NO3/c1-13(2)5-7-14(8-6-13)9-10-3-4-11(17-10)12(15)16/h10-11H,3-9H2,1-2H3,(H,15,16). The van der Waals surface area contributed by atoms with Crippen LogP contribution in [0.15, 0.2) is 0 Å². The third-order valence-electron chi connectivity index (χ3n) is 4.05. The monoisotopic (exact) mass is 241 g/mol. The average Bonchev–Trinajstić information content (AvgIpc) is 2.70. The number of piperidine rings is 1. The van der Waals surface area contributed by atoms with Crippen LogP contribution in [0.3, 0.4) is 0 Å². The average molecular weight is 241 g/mol. The van der Waals surface area contributed by atoms with Gasteiger partial charge in [-0.05, 0) is 44.2 Å². The molecule has 0 spiro atoms. The lowest BCUT2D eigenvalue weighted by Crippen LogP contribution is -2.41. The Bertz CT molecular complexity index is 280. The molecule has 4 nitrogen and oxygen atoms in total. The van der Waals surface area contributed by atoms with Gasteiger partial charge in [-0.1, -0.05) is 13.8 Å². The summed E-state index contributed by atoms with van der Waals surface area (Å²) >= 11 is 0. The minimum Gasteiger partial charge on any atom is -0.479 e. The molecule has 2 heterocycles. The highest BCUT2D eigenvalue weighted by Gasteiger charge is 2.33. The molecule has 17 heavy (non-hydrogen) atoms. The Balaban J connectivity index is 1.74. The van der Waals surface area contributed by atoms with Crippen molar-refractivity contribution in [3.8, 4) is 0 Å². The maximum Gasteiger partial charge on any atom is 0.332 e. The third kappa shape index (κ3) is 3.42. The molecule has 1 N–H and O–H groups in total. The number of rotatable bonds is 3. The van der Waals surface area contributed by atoms with Gasteiger partial charge in [0.2, 0.25) is 0 Å². The zero-order valence-corrected chi connectivity index (χ0v) is 10.8. The van der Waals surface area contributed by atoms with Crippen molar-refractivity contribution in [3.05, 3.63) is 0 Å². The van der Waals surface area contributed by atoms with Crippen LogP contribution in [0.5, 0.6) is 0 Å². The summed E-state index contributed by atoms with van der Waals surface area (Å²) in [5.41, 5.74) is 0.469. The zero-order valence-electron chi connectivity index (χ0n) is 10.8. The van der Waals surface area contributed by atoms with Gasteiger partial charge < -0.3 is 14.7 Å². The summed E-state index contributed by atoms with van der Waals surface area (Å²) in [6.07, 6.45) is 3.55. The summed E-state index contributed by atoms with van der Waals surface area (Å²) in [5.74, 6) is -0.813. The van der Waals surface area contributed by atoms with Gasteiger partial charge in [0.05, 0.1) is 6.10 Å². The number of hydrogen-bond acceptors (Lipinski definition) is 3. The molecule has 4 heteroatoms. The van der Waals surface area contributed by atoms with E-state index in [4.69, 9.17) is 9.84 Å². The molecule has 2 saturated heterocycles. The maximum atomic E-state index is 10.8. The van der Waals surface area contributed by atoms with Crippen molar-refractivity contribution in [1.82, 2.24) is 4.90 Å². The first-order chi connectivity index (χ1) is 7.96. The molecule has 2 rings (SSSR count). The van der Waals surface area contributed by atoms with Gasteiger partial charge in [-0.25, -0.2) is 4.79 Å². The lowest BCUT2D eigenvalue weighted by molar-refractivity contribution is -0.149. The molecule has 0 bridgehead atoms. The fraction of sp³-hybridized carbons (Fsp3) is 0.923. The Morgan fingerprint density at radius 2 is 2.00 bits per heavy atom. The van der Waals surface area contributed by atoms with E-state index >= 15 is 0 Å². The molecule has 2 aliphatic rings. The number of carbonyl (C=O) groups is 1. The molecule has 0 radical (unpaired) electrons. The van der Waals surface area contributed by atoms with Crippen LogP contribution in [0, 0.1) is 5.41 Å². The zero-order chi connectivity index (χ0) is 12.5. The number of carboxylic acid groups (broad SMARTS) is 1. The van der Waals surface area contributed by atoms with Crippen molar-refractivity contribution in [3.63, 3.8) is 0 Å². The normalized spacial score (nSPS) is 33.8. The predicted octanol–water partition coefficient (Wildman–Crippen LogP) is 1.74. The van der Waals surface area contributed by atoms with Gasteiger partial charge in [-0.3, -0.25) is 0 Å². The van der Waals surface area contributed by atoms with Crippen LogP contribution in [0.4, 0.5) is 0 Å². The number of carboxylic acids is 1. The lowest BCUT2D eigenvalue weighted by Gasteiger charge is -2.37. The fourth-order valence-electron chi connectivity index (χ4n) is 2.65. The van der Waals surface area contributed by atoms with Crippen molar-refractivity contribution in [2.45, 2.75) is 51.7 Å². The molecule has 2 aliphatic heterocycles. The molecule has 0 aromatic heterocycles. The summed E-state index contributed by atoms with van der Waals surface area (Å²) < 4.78 is 5.54. The minimum atomic E-state index is -0.813. The number of likely N-dealkylation sites (tertiary alicyclic amines) is 1. The Kier molecular flexibility index (Phi) is 3.73.